The Balaban J connectivity index is 2.00. The lowest BCUT2D eigenvalue weighted by Gasteiger charge is -2.59. The summed E-state index contributed by atoms with van der Waals surface area (Å²) < 4.78 is 24.9. The van der Waals surface area contributed by atoms with Gasteiger partial charge in [0.25, 0.3) is 0 Å². The largest absolute Gasteiger partial charge is 0.490 e. The van der Waals surface area contributed by atoms with Crippen LogP contribution in [0.5, 0.6) is 11.5 Å². The smallest absolute Gasteiger partial charge is 0.409 e. The summed E-state index contributed by atoms with van der Waals surface area (Å²) in [6, 6.07) is 5.24. The van der Waals surface area contributed by atoms with Crippen LogP contribution in [0.4, 0.5) is 4.79 Å². The maximum absolute atomic E-state index is 13.1. The van der Waals surface area contributed by atoms with E-state index in [1.165, 1.54) is 19.1 Å². The van der Waals surface area contributed by atoms with Gasteiger partial charge in [-0.3, -0.25) is 0 Å². The molecule has 1 heterocycles. The van der Waals surface area contributed by atoms with Crippen LogP contribution in [0.15, 0.2) is 60.3 Å². The highest BCUT2D eigenvalue weighted by Crippen LogP contribution is 2.61. The third kappa shape index (κ3) is 6.67. The molecule has 3 aliphatic rings. The second-order valence-corrected chi connectivity index (χ2v) is 11.6. The Morgan fingerprint density at radius 1 is 1.11 bits per heavy atom. The van der Waals surface area contributed by atoms with E-state index in [0.717, 1.165) is 42.5 Å². The van der Waals surface area contributed by atoms with Crippen molar-refractivity contribution in [2.75, 3.05) is 47.7 Å². The summed E-state index contributed by atoms with van der Waals surface area (Å²) in [4.78, 5) is 20.0. The highest BCUT2D eigenvalue weighted by Gasteiger charge is 2.65. The van der Waals surface area contributed by atoms with Crippen LogP contribution in [0.2, 0.25) is 0 Å². The number of rotatable bonds is 16. The van der Waals surface area contributed by atoms with Crippen molar-refractivity contribution in [2.45, 2.75) is 62.7 Å². The maximum Gasteiger partial charge on any atom is 0.409 e. The Labute approximate surface area is 260 Å². The van der Waals surface area contributed by atoms with Crippen LogP contribution in [0.25, 0.3) is 0 Å². The van der Waals surface area contributed by atoms with Crippen LogP contribution in [0, 0.1) is 17.8 Å². The van der Waals surface area contributed by atoms with Gasteiger partial charge in [0.2, 0.25) is 5.79 Å². The van der Waals surface area contributed by atoms with Crippen molar-refractivity contribution in [3.8, 4) is 11.5 Å². The first-order valence-electron chi connectivity index (χ1n) is 15.6. The molecule has 6 unspecified atom stereocenters. The van der Waals surface area contributed by atoms with E-state index in [1.54, 1.807) is 19.2 Å². The number of unbranched alkanes of at least 4 members (excludes halogenated alkanes) is 2. The molecule has 1 aromatic rings. The minimum atomic E-state index is -1.29. The van der Waals surface area contributed by atoms with E-state index in [0.29, 0.717) is 37.4 Å². The number of benzene rings is 1. The highest BCUT2D eigenvalue weighted by molar-refractivity contribution is 6.02. The number of aliphatic hydroxyl groups is 2. The number of hydrogen-bond acceptors (Lipinski definition) is 9. The molecule has 1 aromatic carbocycles. The third-order valence-electron chi connectivity index (χ3n) is 9.14. The minimum absolute atomic E-state index is 0.107. The average molecular weight is 613 g/mol. The molecule has 4 rings (SSSR count). The minimum Gasteiger partial charge on any atom is -0.490 e. The molecule has 44 heavy (non-hydrogen) atoms. The van der Waals surface area contributed by atoms with Crippen molar-refractivity contribution >= 4 is 11.8 Å². The van der Waals surface area contributed by atoms with Gasteiger partial charge in [0.1, 0.15) is 31.3 Å². The Bertz CT molecular complexity index is 1220. The molecular formula is C34H48N2O8. The molecule has 1 amide bonds. The van der Waals surface area contributed by atoms with Gasteiger partial charge in [-0.15, -0.1) is 6.58 Å². The van der Waals surface area contributed by atoms with E-state index in [9.17, 15) is 15.0 Å². The lowest BCUT2D eigenvalue weighted by molar-refractivity contribution is -0.253. The molecule has 1 aliphatic heterocycles. The molecule has 0 saturated heterocycles. The topological polar surface area (TPSA) is 119 Å². The molecule has 242 valence electrons. The van der Waals surface area contributed by atoms with Gasteiger partial charge in [-0.05, 0) is 61.3 Å². The fraction of sp³-hybridized carbons (Fsp3) is 0.588. The van der Waals surface area contributed by atoms with Crippen molar-refractivity contribution in [1.82, 2.24) is 4.90 Å². The van der Waals surface area contributed by atoms with Crippen LogP contribution in [-0.2, 0) is 14.3 Å². The Hall–Kier alpha value is -3.34. The monoisotopic (exact) mass is 612 g/mol. The fourth-order valence-corrected chi connectivity index (χ4v) is 7.35. The Morgan fingerprint density at radius 2 is 1.84 bits per heavy atom. The average Bonchev–Trinajstić information content (AvgIpc) is 3.04. The second kappa shape index (κ2) is 15.6. The number of fused-ring (bicyclic) bond motifs is 2. The van der Waals surface area contributed by atoms with Gasteiger partial charge in [-0.25, -0.2) is 4.79 Å². The maximum atomic E-state index is 13.1. The standard InChI is InChI=1S/C34H48N2O8/c1-6-18-42-24-14-15-29-27(21-24)31-25(13-9-11-17-38)23(12-8-10-16-37)20-26-28(35-41-5)22-30(36(3)33(39)40-4)34(44-29,32(26)31)43-19-7-2/h6-7,14-15,20-21,23,25,30-32,37-38H,1-2,8-13,16-19,22H2,3-5H3. The summed E-state index contributed by atoms with van der Waals surface area (Å²) >= 11 is 0. The van der Waals surface area contributed by atoms with Crippen molar-refractivity contribution in [3.63, 3.8) is 0 Å². The molecule has 1 fully saturated rings. The van der Waals surface area contributed by atoms with Crippen LogP contribution >= 0.6 is 0 Å². The first kappa shape index (κ1) is 33.6. The van der Waals surface area contributed by atoms with Gasteiger partial charge in [0, 0.05) is 38.2 Å². The molecule has 0 radical (unpaired) electrons. The molecule has 1 saturated carbocycles. The van der Waals surface area contributed by atoms with Gasteiger partial charge in [0.05, 0.1) is 25.3 Å². The predicted octanol–water partition coefficient (Wildman–Crippen LogP) is 5.21. The summed E-state index contributed by atoms with van der Waals surface area (Å²) in [5, 5.41) is 23.8. The van der Waals surface area contributed by atoms with Crippen LogP contribution in [0.1, 0.15) is 56.4 Å². The number of amides is 1. The number of ether oxygens (including phenoxy) is 4. The second-order valence-electron chi connectivity index (χ2n) is 11.6. The Morgan fingerprint density at radius 3 is 2.50 bits per heavy atom. The van der Waals surface area contributed by atoms with Crippen molar-refractivity contribution < 1.29 is 38.8 Å². The molecule has 0 aromatic heterocycles. The van der Waals surface area contributed by atoms with Crippen LogP contribution in [0.3, 0.4) is 0 Å². The molecular weight excluding hydrogens is 564 g/mol. The Kier molecular flexibility index (Phi) is 11.9. The molecule has 2 aliphatic carbocycles. The molecule has 0 spiro atoms. The SMILES string of the molecule is C=CCOc1ccc2c(c1)C1C(CCCCO)C(CCCCO)C=C3C(=NOC)CC(N(C)C(=O)OC)C(OCC=C)(O2)C31. The summed E-state index contributed by atoms with van der Waals surface area (Å²) in [5.41, 5.74) is 2.71. The van der Waals surface area contributed by atoms with E-state index in [2.05, 4.69) is 30.5 Å². The summed E-state index contributed by atoms with van der Waals surface area (Å²) in [5.74, 6) is -0.0829. The molecule has 10 nitrogen and oxygen atoms in total. The van der Waals surface area contributed by atoms with Crippen LogP contribution < -0.4 is 9.47 Å². The normalized spacial score (nSPS) is 27.7. The predicted molar refractivity (Wildman–Crippen MR) is 168 cm³/mol. The lowest BCUT2D eigenvalue weighted by atomic mass is 9.55. The molecule has 2 N–H and O–H groups in total. The lowest BCUT2D eigenvalue weighted by Crippen LogP contribution is -2.69. The number of oxime groups is 1. The van der Waals surface area contributed by atoms with Crippen molar-refractivity contribution in [1.29, 1.82) is 0 Å². The highest BCUT2D eigenvalue weighted by atomic mass is 16.7. The van der Waals surface area contributed by atoms with E-state index >= 15 is 0 Å². The summed E-state index contributed by atoms with van der Waals surface area (Å²) in [6.45, 7) is 8.53. The number of allylic oxidation sites excluding steroid dienone is 1. The van der Waals surface area contributed by atoms with E-state index in [1.807, 2.05) is 12.1 Å². The van der Waals surface area contributed by atoms with Crippen molar-refractivity contribution in [3.05, 3.63) is 60.7 Å². The number of carbonyl (C=O) groups excluding carboxylic acids is 1. The van der Waals surface area contributed by atoms with Gasteiger partial charge < -0.3 is 38.9 Å². The number of nitrogens with zero attached hydrogens (tertiary/aromatic N) is 2. The summed E-state index contributed by atoms with van der Waals surface area (Å²) in [6.07, 6.45) is 10.4. The number of hydrogen-bond donors (Lipinski definition) is 2. The number of carbonyl (C=O) groups is 1. The van der Waals surface area contributed by atoms with Crippen LogP contribution in [-0.4, -0.2) is 86.4 Å². The summed E-state index contributed by atoms with van der Waals surface area (Å²) in [7, 11) is 4.57. The van der Waals surface area contributed by atoms with E-state index in [4.69, 9.17) is 23.8 Å². The first-order valence-corrected chi connectivity index (χ1v) is 15.6. The van der Waals surface area contributed by atoms with E-state index in [-0.39, 0.29) is 43.5 Å². The number of likely N-dealkylation sites (N-methyl/N-ethyl adjacent to an activating group) is 1. The first-order chi connectivity index (χ1) is 21.4. The zero-order valence-electron chi connectivity index (χ0n) is 26.3. The fourth-order valence-electron chi connectivity index (χ4n) is 7.35. The third-order valence-corrected chi connectivity index (χ3v) is 9.14. The van der Waals surface area contributed by atoms with Crippen molar-refractivity contribution in [2.24, 2.45) is 22.9 Å². The molecule has 6 atom stereocenters. The van der Waals surface area contributed by atoms with Gasteiger partial charge in [-0.1, -0.05) is 42.8 Å². The number of aliphatic hydroxyl groups excluding tert-OH is 2. The zero-order chi connectivity index (χ0) is 31.7. The van der Waals surface area contributed by atoms with Gasteiger partial charge in [0.15, 0.2) is 0 Å². The van der Waals surface area contributed by atoms with E-state index < -0.39 is 17.9 Å². The molecule has 0 bridgehead atoms. The number of methoxy groups -OCH3 is 1. The quantitative estimate of drug-likeness (QED) is 0.148. The molecule has 10 heteroatoms. The zero-order valence-corrected chi connectivity index (χ0v) is 26.3. The van der Waals surface area contributed by atoms with Gasteiger partial charge >= 0.3 is 6.09 Å². The van der Waals surface area contributed by atoms with Gasteiger partial charge in [-0.2, -0.15) is 0 Å².